The van der Waals surface area contributed by atoms with Gasteiger partial charge in [-0.05, 0) is 73.2 Å². The molecule has 162 valence electrons. The van der Waals surface area contributed by atoms with Crippen LogP contribution in [-0.4, -0.2) is 17.4 Å². The van der Waals surface area contributed by atoms with Crippen LogP contribution in [0.2, 0.25) is 0 Å². The smallest absolute Gasteiger partial charge is 0.205 e. The first-order chi connectivity index (χ1) is 16.2. The number of aliphatic imine (C=N–C) groups is 1. The number of ether oxygens (including phenoxy) is 2. The lowest BCUT2D eigenvalue weighted by atomic mass is 9.77. The van der Waals surface area contributed by atoms with Crippen molar-refractivity contribution in [2.24, 2.45) is 4.99 Å². The normalized spacial score (nSPS) is 22.6. The fraction of sp³-hybridized carbons (Fsp3) is 0.250. The highest BCUT2D eigenvalue weighted by Crippen LogP contribution is 2.44. The summed E-state index contributed by atoms with van der Waals surface area (Å²) in [5.74, 6) is 1.66. The Morgan fingerprint density at radius 2 is 1.70 bits per heavy atom. The van der Waals surface area contributed by atoms with E-state index in [4.69, 9.17) is 9.47 Å². The van der Waals surface area contributed by atoms with Crippen LogP contribution in [0.3, 0.4) is 0 Å². The zero-order chi connectivity index (χ0) is 22.7. The summed E-state index contributed by atoms with van der Waals surface area (Å²) in [4.78, 5) is 4.19. The van der Waals surface area contributed by atoms with E-state index >= 15 is 0 Å². The third-order valence-corrected chi connectivity index (χ3v) is 6.51. The first-order valence-corrected chi connectivity index (χ1v) is 11.2. The Balaban J connectivity index is 1.38. The van der Waals surface area contributed by atoms with Crippen molar-refractivity contribution in [1.82, 2.24) is 0 Å². The second-order valence-corrected chi connectivity index (χ2v) is 8.65. The minimum atomic E-state index is -0.360. The molecule has 1 saturated carbocycles. The van der Waals surface area contributed by atoms with Gasteiger partial charge in [0, 0.05) is 12.0 Å². The van der Waals surface area contributed by atoms with Crippen LogP contribution in [-0.2, 0) is 0 Å². The van der Waals surface area contributed by atoms with Gasteiger partial charge in [-0.1, -0.05) is 36.4 Å². The van der Waals surface area contributed by atoms with Gasteiger partial charge in [0.2, 0.25) is 6.19 Å². The standard InChI is InChI=1S/C28H23N3O2/c29-18-20-5-4-6-21(15-20)22-9-10-27-25(16-22)26(31-19-30)17-28(33-27)13-11-24(12-14-28)32-23-7-2-1-3-8-23/h1-10,15-16,24H,11-14,17H2/b31-26+. The van der Waals surface area contributed by atoms with Crippen LogP contribution in [0, 0.1) is 22.8 Å². The molecule has 3 aromatic carbocycles. The van der Waals surface area contributed by atoms with Gasteiger partial charge in [0.25, 0.3) is 0 Å². The van der Waals surface area contributed by atoms with Gasteiger partial charge in [0.1, 0.15) is 17.1 Å². The first kappa shape index (κ1) is 20.8. The quantitative estimate of drug-likeness (QED) is 0.472. The Labute approximate surface area is 193 Å². The number of benzene rings is 3. The number of rotatable bonds is 3. The lowest BCUT2D eigenvalue weighted by Crippen LogP contribution is -2.46. The van der Waals surface area contributed by atoms with Crippen molar-refractivity contribution in [2.75, 3.05) is 0 Å². The topological polar surface area (TPSA) is 78.4 Å². The predicted molar refractivity (Wildman–Crippen MR) is 126 cm³/mol. The van der Waals surface area contributed by atoms with E-state index in [1.807, 2.05) is 72.9 Å². The third-order valence-electron chi connectivity index (χ3n) is 6.51. The second-order valence-electron chi connectivity index (χ2n) is 8.65. The molecule has 2 aliphatic rings. The van der Waals surface area contributed by atoms with Crippen LogP contribution in [0.5, 0.6) is 11.5 Å². The van der Waals surface area contributed by atoms with E-state index in [1.54, 1.807) is 6.07 Å². The van der Waals surface area contributed by atoms with Gasteiger partial charge in [0.05, 0.1) is 23.4 Å². The van der Waals surface area contributed by atoms with Gasteiger partial charge in [-0.15, -0.1) is 0 Å². The highest BCUT2D eigenvalue weighted by atomic mass is 16.5. The lowest BCUT2D eigenvalue weighted by Gasteiger charge is -2.43. The van der Waals surface area contributed by atoms with E-state index in [2.05, 4.69) is 11.1 Å². The summed E-state index contributed by atoms with van der Waals surface area (Å²) >= 11 is 0. The molecule has 0 aromatic heterocycles. The van der Waals surface area contributed by atoms with Crippen LogP contribution in [0.4, 0.5) is 0 Å². The molecule has 0 radical (unpaired) electrons. The van der Waals surface area contributed by atoms with Gasteiger partial charge in [-0.25, -0.2) is 0 Å². The molecule has 0 atom stereocenters. The Kier molecular flexibility index (Phi) is 5.55. The van der Waals surface area contributed by atoms with Crippen LogP contribution < -0.4 is 9.47 Å². The largest absolute Gasteiger partial charge is 0.490 e. The Hall–Kier alpha value is -4.09. The fourth-order valence-corrected chi connectivity index (χ4v) is 4.83. The van der Waals surface area contributed by atoms with Gasteiger partial charge in [-0.2, -0.15) is 15.5 Å². The summed E-state index contributed by atoms with van der Waals surface area (Å²) in [6, 6.07) is 25.6. The molecule has 3 aromatic rings. The fourth-order valence-electron chi connectivity index (χ4n) is 4.83. The monoisotopic (exact) mass is 433 g/mol. The minimum absolute atomic E-state index is 0.161. The molecule has 1 aliphatic carbocycles. The number of nitriles is 2. The summed E-state index contributed by atoms with van der Waals surface area (Å²) in [6.07, 6.45) is 6.23. The van der Waals surface area contributed by atoms with E-state index in [9.17, 15) is 10.5 Å². The van der Waals surface area contributed by atoms with Gasteiger partial charge in [0.15, 0.2) is 0 Å². The molecule has 1 aliphatic heterocycles. The molecular weight excluding hydrogens is 410 g/mol. The zero-order valence-corrected chi connectivity index (χ0v) is 18.2. The summed E-state index contributed by atoms with van der Waals surface area (Å²) in [5, 5.41) is 18.6. The van der Waals surface area contributed by atoms with E-state index < -0.39 is 0 Å². The Bertz CT molecular complexity index is 1280. The van der Waals surface area contributed by atoms with Crippen molar-refractivity contribution in [3.8, 4) is 34.9 Å². The maximum Gasteiger partial charge on any atom is 0.205 e. The highest BCUT2D eigenvalue weighted by molar-refractivity contribution is 6.05. The van der Waals surface area contributed by atoms with Gasteiger partial charge in [-0.3, -0.25) is 0 Å². The number of para-hydroxylation sites is 1. The van der Waals surface area contributed by atoms with E-state index in [0.717, 1.165) is 59.6 Å². The molecule has 1 heterocycles. The van der Waals surface area contributed by atoms with E-state index in [1.165, 1.54) is 0 Å². The molecule has 5 nitrogen and oxygen atoms in total. The van der Waals surface area contributed by atoms with Gasteiger partial charge < -0.3 is 9.47 Å². The SMILES string of the molecule is N#C/N=C1\CC2(CCC(Oc3ccccc3)CC2)Oc2ccc(-c3cccc(C#N)c3)cc21. The van der Waals surface area contributed by atoms with Crippen LogP contribution in [0.15, 0.2) is 77.8 Å². The number of hydrogen-bond acceptors (Lipinski definition) is 5. The Morgan fingerprint density at radius 3 is 2.45 bits per heavy atom. The van der Waals surface area contributed by atoms with Crippen molar-refractivity contribution < 1.29 is 9.47 Å². The predicted octanol–water partition coefficient (Wildman–Crippen LogP) is 6.04. The van der Waals surface area contributed by atoms with Crippen molar-refractivity contribution in [2.45, 2.75) is 43.8 Å². The summed E-state index contributed by atoms with van der Waals surface area (Å²) in [5.41, 5.74) is 3.79. The Morgan fingerprint density at radius 1 is 0.909 bits per heavy atom. The van der Waals surface area contributed by atoms with Crippen LogP contribution in [0.25, 0.3) is 11.1 Å². The number of nitrogens with zero attached hydrogens (tertiary/aromatic N) is 3. The van der Waals surface area contributed by atoms with E-state index in [-0.39, 0.29) is 11.7 Å². The highest BCUT2D eigenvalue weighted by Gasteiger charge is 2.43. The molecule has 0 N–H and O–H groups in total. The summed E-state index contributed by atoms with van der Waals surface area (Å²) < 4.78 is 12.7. The van der Waals surface area contributed by atoms with Crippen molar-refractivity contribution in [1.29, 1.82) is 10.5 Å². The summed E-state index contributed by atoms with van der Waals surface area (Å²) in [6.45, 7) is 0. The molecule has 1 spiro atoms. The summed E-state index contributed by atoms with van der Waals surface area (Å²) in [7, 11) is 0. The zero-order valence-electron chi connectivity index (χ0n) is 18.2. The molecule has 0 bridgehead atoms. The molecule has 1 fully saturated rings. The maximum atomic E-state index is 9.36. The average molecular weight is 434 g/mol. The van der Waals surface area contributed by atoms with E-state index in [0.29, 0.717) is 12.0 Å². The molecule has 33 heavy (non-hydrogen) atoms. The molecule has 5 rings (SSSR count). The van der Waals surface area contributed by atoms with Crippen molar-refractivity contribution >= 4 is 5.71 Å². The lowest BCUT2D eigenvalue weighted by molar-refractivity contribution is -0.00285. The number of fused-ring (bicyclic) bond motifs is 1. The van der Waals surface area contributed by atoms with Gasteiger partial charge >= 0.3 is 0 Å². The molecule has 5 heteroatoms. The van der Waals surface area contributed by atoms with Crippen molar-refractivity contribution in [3.63, 3.8) is 0 Å². The van der Waals surface area contributed by atoms with Crippen LogP contribution in [0.1, 0.15) is 43.2 Å². The maximum absolute atomic E-state index is 9.36. The van der Waals surface area contributed by atoms with Crippen LogP contribution >= 0.6 is 0 Å². The van der Waals surface area contributed by atoms with Crippen molar-refractivity contribution in [3.05, 3.63) is 83.9 Å². The molecule has 0 saturated heterocycles. The molecule has 0 amide bonds. The third kappa shape index (κ3) is 4.31. The minimum Gasteiger partial charge on any atom is -0.490 e. The first-order valence-electron chi connectivity index (χ1n) is 11.2. The average Bonchev–Trinajstić information content (AvgIpc) is 2.86. The molecule has 0 unspecified atom stereocenters. The number of hydrogen-bond donors (Lipinski definition) is 0. The molecular formula is C28H23N3O2. The second kappa shape index (κ2) is 8.81.